The highest BCUT2D eigenvalue weighted by atomic mass is 35.5. The van der Waals surface area contributed by atoms with Crippen molar-refractivity contribution in [1.82, 2.24) is 0 Å². The number of methoxy groups -OCH3 is 1. The van der Waals surface area contributed by atoms with Gasteiger partial charge >= 0.3 is 16.1 Å². The molecular formula is C17H17ClO5S. The molecule has 2 rings (SSSR count). The monoisotopic (exact) mass is 368 g/mol. The summed E-state index contributed by atoms with van der Waals surface area (Å²) in [5, 5.41) is -0.0392. The molecule has 0 aromatic heterocycles. The molecule has 0 atom stereocenters. The second kappa shape index (κ2) is 7.23. The van der Waals surface area contributed by atoms with Gasteiger partial charge in [-0.1, -0.05) is 37.6 Å². The van der Waals surface area contributed by atoms with Crippen molar-refractivity contribution in [3.05, 3.63) is 58.6 Å². The second-order valence-corrected chi connectivity index (χ2v) is 7.32. The van der Waals surface area contributed by atoms with Crippen molar-refractivity contribution >= 4 is 27.7 Å². The zero-order chi connectivity index (χ0) is 17.9. The van der Waals surface area contributed by atoms with Crippen molar-refractivity contribution in [1.29, 1.82) is 0 Å². The minimum absolute atomic E-state index is 0.0392. The van der Waals surface area contributed by atoms with Crippen molar-refractivity contribution in [2.24, 2.45) is 0 Å². The highest BCUT2D eigenvalue weighted by Crippen LogP contribution is 2.28. The fraction of sp³-hybridized carbons (Fsp3) is 0.235. The van der Waals surface area contributed by atoms with Crippen molar-refractivity contribution in [3.63, 3.8) is 0 Å². The summed E-state index contributed by atoms with van der Waals surface area (Å²) in [6.45, 7) is 3.98. The van der Waals surface area contributed by atoms with Crippen LogP contribution in [0.1, 0.15) is 35.7 Å². The van der Waals surface area contributed by atoms with E-state index in [2.05, 4.69) is 4.74 Å². The van der Waals surface area contributed by atoms with Gasteiger partial charge in [0.15, 0.2) is 0 Å². The molecule has 0 spiro atoms. The van der Waals surface area contributed by atoms with Crippen LogP contribution in [0.3, 0.4) is 0 Å². The molecule has 2 aromatic rings. The summed E-state index contributed by atoms with van der Waals surface area (Å²) in [5.74, 6) is -0.256. The highest BCUT2D eigenvalue weighted by molar-refractivity contribution is 7.87. The quantitative estimate of drug-likeness (QED) is 0.589. The lowest BCUT2D eigenvalue weighted by molar-refractivity contribution is 0.0600. The van der Waals surface area contributed by atoms with Gasteiger partial charge in [0.25, 0.3) is 0 Å². The SMILES string of the molecule is COC(=O)c1ccc(Cl)c(S(=O)(=O)Oc2cccc(C(C)C)c2)c1. The third-order valence-electron chi connectivity index (χ3n) is 3.35. The fourth-order valence-corrected chi connectivity index (χ4v) is 3.46. The predicted octanol–water partition coefficient (Wildman–Crippen LogP) is 4.02. The average Bonchev–Trinajstić information content (AvgIpc) is 2.54. The first-order valence-corrected chi connectivity index (χ1v) is 8.95. The number of benzene rings is 2. The van der Waals surface area contributed by atoms with Gasteiger partial charge in [-0.25, -0.2) is 4.79 Å². The minimum atomic E-state index is -4.19. The van der Waals surface area contributed by atoms with Gasteiger partial charge in [0.1, 0.15) is 10.6 Å². The van der Waals surface area contributed by atoms with Crippen LogP contribution in [0.15, 0.2) is 47.4 Å². The van der Waals surface area contributed by atoms with E-state index in [4.69, 9.17) is 15.8 Å². The van der Waals surface area contributed by atoms with Gasteiger partial charge in [0.2, 0.25) is 0 Å². The smallest absolute Gasteiger partial charge is 0.340 e. The van der Waals surface area contributed by atoms with Crippen molar-refractivity contribution < 1.29 is 22.1 Å². The Labute approximate surface area is 146 Å². The Bertz CT molecular complexity index is 859. The molecule has 0 bridgehead atoms. The van der Waals surface area contributed by atoms with Crippen LogP contribution in [-0.2, 0) is 14.9 Å². The summed E-state index contributed by atoms with van der Waals surface area (Å²) in [6.07, 6.45) is 0. The Morgan fingerprint density at radius 1 is 1.12 bits per heavy atom. The van der Waals surface area contributed by atoms with E-state index in [-0.39, 0.29) is 27.1 Å². The van der Waals surface area contributed by atoms with Gasteiger partial charge < -0.3 is 8.92 Å². The van der Waals surface area contributed by atoms with E-state index in [9.17, 15) is 13.2 Å². The van der Waals surface area contributed by atoms with E-state index in [0.717, 1.165) is 11.6 Å². The molecular weight excluding hydrogens is 352 g/mol. The number of esters is 1. The lowest BCUT2D eigenvalue weighted by atomic mass is 10.0. The van der Waals surface area contributed by atoms with E-state index in [0.29, 0.717) is 0 Å². The molecule has 24 heavy (non-hydrogen) atoms. The standard InChI is InChI=1S/C17H17ClO5S/c1-11(2)12-5-4-6-14(9-12)23-24(20,21)16-10-13(17(19)22-3)7-8-15(16)18/h4-11H,1-3H3. The molecule has 128 valence electrons. The molecule has 0 fully saturated rings. The van der Waals surface area contributed by atoms with Crippen LogP contribution in [0.25, 0.3) is 0 Å². The molecule has 2 aromatic carbocycles. The third kappa shape index (κ3) is 4.07. The average molecular weight is 369 g/mol. The molecule has 5 nitrogen and oxygen atoms in total. The molecule has 0 amide bonds. The van der Waals surface area contributed by atoms with Crippen LogP contribution >= 0.6 is 11.6 Å². The first-order chi connectivity index (χ1) is 11.2. The van der Waals surface area contributed by atoms with Crippen LogP contribution in [-0.4, -0.2) is 21.5 Å². The summed E-state index contributed by atoms with van der Waals surface area (Å²) in [7, 11) is -2.98. The molecule has 0 aliphatic carbocycles. The van der Waals surface area contributed by atoms with Crippen molar-refractivity contribution in [2.75, 3.05) is 7.11 Å². The first kappa shape index (κ1) is 18.3. The van der Waals surface area contributed by atoms with Crippen molar-refractivity contribution in [2.45, 2.75) is 24.7 Å². The summed E-state index contributed by atoms with van der Waals surface area (Å²) in [6, 6.07) is 10.6. The number of hydrogen-bond donors (Lipinski definition) is 0. The van der Waals surface area contributed by atoms with Gasteiger partial charge in [-0.3, -0.25) is 0 Å². The highest BCUT2D eigenvalue weighted by Gasteiger charge is 2.23. The van der Waals surface area contributed by atoms with E-state index >= 15 is 0 Å². The van der Waals surface area contributed by atoms with E-state index in [1.54, 1.807) is 18.2 Å². The van der Waals surface area contributed by atoms with Crippen LogP contribution in [0.4, 0.5) is 0 Å². The molecule has 0 aliphatic rings. The third-order valence-corrected chi connectivity index (χ3v) is 5.08. The summed E-state index contributed by atoms with van der Waals surface area (Å²) >= 11 is 5.97. The van der Waals surface area contributed by atoms with Crippen molar-refractivity contribution in [3.8, 4) is 5.75 Å². The summed E-state index contributed by atoms with van der Waals surface area (Å²) in [4.78, 5) is 11.3. The number of carbonyl (C=O) groups excluding carboxylic acids is 1. The van der Waals surface area contributed by atoms with Gasteiger partial charge in [-0.05, 0) is 41.8 Å². The van der Waals surface area contributed by atoms with E-state index in [1.165, 1.54) is 19.2 Å². The zero-order valence-corrected chi connectivity index (χ0v) is 15.0. The normalized spacial score (nSPS) is 11.4. The van der Waals surface area contributed by atoms with E-state index < -0.39 is 16.1 Å². The summed E-state index contributed by atoms with van der Waals surface area (Å²) < 4.78 is 34.8. The molecule has 0 radical (unpaired) electrons. The topological polar surface area (TPSA) is 69.7 Å². The molecule has 7 heteroatoms. The Kier molecular flexibility index (Phi) is 5.51. The van der Waals surface area contributed by atoms with Gasteiger partial charge in [-0.15, -0.1) is 0 Å². The van der Waals surface area contributed by atoms with E-state index in [1.807, 2.05) is 19.9 Å². The lowest BCUT2D eigenvalue weighted by Gasteiger charge is -2.11. The summed E-state index contributed by atoms with van der Waals surface area (Å²) in [5.41, 5.74) is 1.01. The van der Waals surface area contributed by atoms with Gasteiger partial charge in [0.05, 0.1) is 17.7 Å². The number of hydrogen-bond acceptors (Lipinski definition) is 5. The molecule has 0 aliphatic heterocycles. The fourth-order valence-electron chi connectivity index (χ4n) is 2.04. The van der Waals surface area contributed by atoms with Crippen LogP contribution in [0, 0.1) is 0 Å². The molecule has 0 unspecified atom stereocenters. The number of halogens is 1. The number of carbonyl (C=O) groups is 1. The maximum Gasteiger partial charge on any atom is 0.340 e. The largest absolute Gasteiger partial charge is 0.465 e. The molecule has 0 N–H and O–H groups in total. The Morgan fingerprint density at radius 3 is 2.46 bits per heavy atom. The maximum absolute atomic E-state index is 12.5. The second-order valence-electron chi connectivity index (χ2n) is 5.40. The predicted molar refractivity (Wildman–Crippen MR) is 91.1 cm³/mol. The number of rotatable bonds is 5. The lowest BCUT2D eigenvalue weighted by Crippen LogP contribution is -2.12. The maximum atomic E-state index is 12.5. The minimum Gasteiger partial charge on any atom is -0.465 e. The molecule has 0 heterocycles. The molecule has 0 saturated carbocycles. The Morgan fingerprint density at radius 2 is 1.83 bits per heavy atom. The Balaban J connectivity index is 2.40. The Hall–Kier alpha value is -2.05. The molecule has 0 saturated heterocycles. The first-order valence-electron chi connectivity index (χ1n) is 7.17. The van der Waals surface area contributed by atoms with Crippen LogP contribution < -0.4 is 4.18 Å². The number of ether oxygens (including phenoxy) is 1. The van der Waals surface area contributed by atoms with Gasteiger partial charge in [0, 0.05) is 0 Å². The van der Waals surface area contributed by atoms with Crippen LogP contribution in [0.5, 0.6) is 5.75 Å². The zero-order valence-electron chi connectivity index (χ0n) is 13.4. The van der Waals surface area contributed by atoms with Crippen LogP contribution in [0.2, 0.25) is 5.02 Å². The van der Waals surface area contributed by atoms with Gasteiger partial charge in [-0.2, -0.15) is 8.42 Å².